The van der Waals surface area contributed by atoms with Gasteiger partial charge in [-0.3, -0.25) is 9.69 Å². The summed E-state index contributed by atoms with van der Waals surface area (Å²) in [6.07, 6.45) is 0.467. The van der Waals surface area contributed by atoms with Gasteiger partial charge in [0.2, 0.25) is 5.91 Å². The molecule has 1 aromatic carbocycles. The molecule has 0 radical (unpaired) electrons. The van der Waals surface area contributed by atoms with E-state index < -0.39 is 0 Å². The first-order valence-electron chi connectivity index (χ1n) is 9.64. The smallest absolute Gasteiger partial charge is 0.220 e. The second-order valence-electron chi connectivity index (χ2n) is 8.58. The second-order valence-corrected chi connectivity index (χ2v) is 9.01. The first-order valence-corrected chi connectivity index (χ1v) is 10.0. The number of piperazine rings is 1. The molecule has 2 rings (SSSR count). The molecule has 0 spiro atoms. The van der Waals surface area contributed by atoms with Gasteiger partial charge in [0.1, 0.15) is 0 Å². The van der Waals surface area contributed by atoms with Gasteiger partial charge in [-0.1, -0.05) is 44.5 Å². The Morgan fingerprint density at radius 3 is 2.19 bits per heavy atom. The zero-order chi connectivity index (χ0) is 19.4. The van der Waals surface area contributed by atoms with Crippen molar-refractivity contribution in [2.75, 3.05) is 39.3 Å². The van der Waals surface area contributed by atoms with Gasteiger partial charge in [-0.15, -0.1) is 0 Å². The van der Waals surface area contributed by atoms with E-state index >= 15 is 0 Å². The summed E-state index contributed by atoms with van der Waals surface area (Å²) < 4.78 is 0. The van der Waals surface area contributed by atoms with Gasteiger partial charge in [0.15, 0.2) is 0 Å². The van der Waals surface area contributed by atoms with E-state index in [9.17, 15) is 4.79 Å². The summed E-state index contributed by atoms with van der Waals surface area (Å²) in [6.45, 7) is 17.0. The maximum absolute atomic E-state index is 12.6. The van der Waals surface area contributed by atoms with Crippen LogP contribution < -0.4 is 5.32 Å². The molecule has 1 N–H and O–H groups in total. The monoisotopic (exact) mass is 379 g/mol. The molecular formula is C21H34ClN3O. The van der Waals surface area contributed by atoms with Crippen molar-refractivity contribution in [3.05, 3.63) is 34.9 Å². The Balaban J connectivity index is 1.86. The Labute approximate surface area is 163 Å². The minimum absolute atomic E-state index is 0.0279. The van der Waals surface area contributed by atoms with Crippen LogP contribution in [0.25, 0.3) is 0 Å². The number of carbonyl (C=O) groups is 1. The van der Waals surface area contributed by atoms with Crippen LogP contribution in [0.15, 0.2) is 24.3 Å². The van der Waals surface area contributed by atoms with Gasteiger partial charge in [-0.2, -0.15) is 0 Å². The Morgan fingerprint density at radius 2 is 1.65 bits per heavy atom. The SMILES string of the molecule is CCN1CCN(C(C)(C)CNC(=O)CC(C)(C)c2ccc(Cl)cc2)CC1. The van der Waals surface area contributed by atoms with E-state index in [1.807, 2.05) is 24.3 Å². The van der Waals surface area contributed by atoms with Crippen LogP contribution >= 0.6 is 11.6 Å². The second kappa shape index (κ2) is 8.73. The summed E-state index contributed by atoms with van der Waals surface area (Å²) in [4.78, 5) is 17.5. The van der Waals surface area contributed by atoms with Gasteiger partial charge in [-0.25, -0.2) is 0 Å². The van der Waals surface area contributed by atoms with E-state index in [0.717, 1.165) is 43.3 Å². The lowest BCUT2D eigenvalue weighted by Crippen LogP contribution is -2.58. The molecular weight excluding hydrogens is 346 g/mol. The number of nitrogens with one attached hydrogen (secondary N) is 1. The first kappa shape index (κ1) is 21.2. The van der Waals surface area contributed by atoms with Gasteiger partial charge >= 0.3 is 0 Å². The maximum atomic E-state index is 12.6. The van der Waals surface area contributed by atoms with Crippen molar-refractivity contribution < 1.29 is 4.79 Å². The molecule has 0 bridgehead atoms. The van der Waals surface area contributed by atoms with Crippen molar-refractivity contribution in [2.24, 2.45) is 0 Å². The lowest BCUT2D eigenvalue weighted by atomic mass is 9.81. The molecule has 5 heteroatoms. The molecule has 1 aliphatic heterocycles. The molecule has 1 fully saturated rings. The molecule has 4 nitrogen and oxygen atoms in total. The average Bonchev–Trinajstić information content (AvgIpc) is 2.60. The third-order valence-corrected chi connectivity index (χ3v) is 5.87. The number of hydrogen-bond acceptors (Lipinski definition) is 3. The van der Waals surface area contributed by atoms with Crippen LogP contribution in [0.4, 0.5) is 0 Å². The van der Waals surface area contributed by atoms with Crippen LogP contribution in [0.2, 0.25) is 5.02 Å². The number of rotatable bonds is 7. The van der Waals surface area contributed by atoms with Crippen molar-refractivity contribution in [2.45, 2.75) is 52.0 Å². The molecule has 0 aromatic heterocycles. The van der Waals surface area contributed by atoms with Gasteiger partial charge < -0.3 is 10.2 Å². The van der Waals surface area contributed by atoms with Gasteiger partial charge in [0.25, 0.3) is 0 Å². The number of likely N-dealkylation sites (N-methyl/N-ethyl adjacent to an activating group) is 1. The molecule has 1 aliphatic rings. The molecule has 0 unspecified atom stereocenters. The molecule has 1 saturated heterocycles. The number of nitrogens with zero attached hydrogens (tertiary/aromatic N) is 2. The van der Waals surface area contributed by atoms with Crippen LogP contribution in [-0.2, 0) is 10.2 Å². The molecule has 0 saturated carbocycles. The van der Waals surface area contributed by atoms with E-state index in [-0.39, 0.29) is 16.9 Å². The predicted octanol–water partition coefficient (Wildman–Crippen LogP) is 3.54. The highest BCUT2D eigenvalue weighted by Gasteiger charge is 2.31. The number of benzene rings is 1. The highest BCUT2D eigenvalue weighted by Crippen LogP contribution is 2.28. The van der Waals surface area contributed by atoms with E-state index in [1.54, 1.807) is 0 Å². The highest BCUT2D eigenvalue weighted by molar-refractivity contribution is 6.30. The summed E-state index contributed by atoms with van der Waals surface area (Å²) in [6, 6.07) is 7.78. The Kier molecular flexibility index (Phi) is 7.12. The quantitative estimate of drug-likeness (QED) is 0.787. The highest BCUT2D eigenvalue weighted by atomic mass is 35.5. The van der Waals surface area contributed by atoms with E-state index in [2.05, 4.69) is 49.7 Å². The number of amides is 1. The fourth-order valence-electron chi connectivity index (χ4n) is 3.56. The molecule has 0 aliphatic carbocycles. The summed E-state index contributed by atoms with van der Waals surface area (Å²) in [5, 5.41) is 3.88. The summed E-state index contributed by atoms with van der Waals surface area (Å²) in [5.41, 5.74) is 0.887. The van der Waals surface area contributed by atoms with Crippen molar-refractivity contribution >= 4 is 17.5 Å². The fourth-order valence-corrected chi connectivity index (χ4v) is 3.69. The maximum Gasteiger partial charge on any atom is 0.220 e. The lowest BCUT2D eigenvalue weighted by molar-refractivity contribution is -0.122. The minimum atomic E-state index is -0.217. The topological polar surface area (TPSA) is 35.6 Å². The molecule has 0 atom stereocenters. The average molecular weight is 380 g/mol. The molecule has 26 heavy (non-hydrogen) atoms. The van der Waals surface area contributed by atoms with E-state index in [0.29, 0.717) is 13.0 Å². The van der Waals surface area contributed by atoms with Crippen LogP contribution in [0.1, 0.15) is 46.6 Å². The largest absolute Gasteiger partial charge is 0.354 e. The van der Waals surface area contributed by atoms with Crippen molar-refractivity contribution in [3.8, 4) is 0 Å². The van der Waals surface area contributed by atoms with Crippen molar-refractivity contribution in [3.63, 3.8) is 0 Å². The third-order valence-electron chi connectivity index (χ3n) is 5.62. The van der Waals surface area contributed by atoms with E-state index in [1.165, 1.54) is 0 Å². The van der Waals surface area contributed by atoms with Crippen molar-refractivity contribution in [1.82, 2.24) is 15.1 Å². The molecule has 1 amide bonds. The van der Waals surface area contributed by atoms with Crippen LogP contribution in [0, 0.1) is 0 Å². The molecule has 1 heterocycles. The van der Waals surface area contributed by atoms with Crippen LogP contribution in [-0.4, -0.2) is 60.5 Å². The zero-order valence-corrected chi connectivity index (χ0v) is 17.7. The van der Waals surface area contributed by atoms with Gasteiger partial charge in [0, 0.05) is 49.7 Å². The molecule has 146 valence electrons. The van der Waals surface area contributed by atoms with Gasteiger partial charge in [-0.05, 0) is 43.5 Å². The van der Waals surface area contributed by atoms with Crippen molar-refractivity contribution in [1.29, 1.82) is 0 Å². The summed E-state index contributed by atoms with van der Waals surface area (Å²) in [7, 11) is 0. The minimum Gasteiger partial charge on any atom is -0.354 e. The first-order chi connectivity index (χ1) is 12.1. The third kappa shape index (κ3) is 5.70. The zero-order valence-electron chi connectivity index (χ0n) is 16.9. The standard InChI is InChI=1S/C21H34ClN3O/c1-6-24-11-13-25(14-12-24)21(4,5)16-23-19(26)15-20(2,3)17-7-9-18(22)10-8-17/h7-10H,6,11-16H2,1-5H3,(H,23,26). The van der Waals surface area contributed by atoms with Crippen LogP contribution in [0.5, 0.6) is 0 Å². The lowest BCUT2D eigenvalue weighted by Gasteiger charge is -2.44. The Bertz CT molecular complexity index is 590. The number of hydrogen-bond donors (Lipinski definition) is 1. The predicted molar refractivity (Wildman–Crippen MR) is 110 cm³/mol. The normalized spacial score (nSPS) is 17.3. The summed E-state index contributed by atoms with van der Waals surface area (Å²) >= 11 is 5.97. The summed E-state index contributed by atoms with van der Waals surface area (Å²) in [5.74, 6) is 0.102. The van der Waals surface area contributed by atoms with Gasteiger partial charge in [0.05, 0.1) is 0 Å². The Morgan fingerprint density at radius 1 is 1.08 bits per heavy atom. The van der Waals surface area contributed by atoms with E-state index in [4.69, 9.17) is 11.6 Å². The Hall–Kier alpha value is -1.10. The van der Waals surface area contributed by atoms with Crippen LogP contribution in [0.3, 0.4) is 0 Å². The fraction of sp³-hybridized carbons (Fsp3) is 0.667. The number of halogens is 1. The molecule has 1 aromatic rings. The number of carbonyl (C=O) groups excluding carboxylic acids is 1.